The van der Waals surface area contributed by atoms with E-state index in [1.165, 1.54) is 18.4 Å². The van der Waals surface area contributed by atoms with Crippen molar-refractivity contribution in [2.75, 3.05) is 19.6 Å². The monoisotopic (exact) mass is 248 g/mol. The number of piperazine rings is 1. The van der Waals surface area contributed by atoms with Crippen molar-refractivity contribution in [2.45, 2.75) is 45.3 Å². The van der Waals surface area contributed by atoms with Crippen LogP contribution in [0, 0.1) is 5.92 Å². The molecule has 100 valence electrons. The van der Waals surface area contributed by atoms with Crippen LogP contribution in [0.2, 0.25) is 0 Å². The van der Waals surface area contributed by atoms with Crippen LogP contribution in [0.1, 0.15) is 32.3 Å². The van der Waals surface area contributed by atoms with Crippen molar-refractivity contribution in [3.8, 4) is 0 Å². The second-order valence-corrected chi connectivity index (χ2v) is 5.93. The summed E-state index contributed by atoms with van der Waals surface area (Å²) in [5.41, 5.74) is 1.71. The molecule has 1 N–H and O–H groups in total. The summed E-state index contributed by atoms with van der Waals surface area (Å²) in [6.07, 6.45) is 7.03. The molecule has 4 heteroatoms. The van der Waals surface area contributed by atoms with Crippen molar-refractivity contribution in [1.29, 1.82) is 0 Å². The van der Waals surface area contributed by atoms with Gasteiger partial charge in [-0.1, -0.05) is 0 Å². The van der Waals surface area contributed by atoms with Crippen LogP contribution in [0.25, 0.3) is 0 Å². The van der Waals surface area contributed by atoms with E-state index in [0.717, 1.165) is 38.6 Å². The Labute approximate surface area is 109 Å². The van der Waals surface area contributed by atoms with Gasteiger partial charge in [0.05, 0.1) is 6.20 Å². The molecule has 0 spiro atoms. The number of nitrogens with one attached hydrogen (secondary N) is 1. The maximum absolute atomic E-state index is 4.38. The number of aryl methyl sites for hydroxylation is 1. The van der Waals surface area contributed by atoms with Crippen LogP contribution in [0.5, 0.6) is 0 Å². The smallest absolute Gasteiger partial charge is 0.0534 e. The van der Waals surface area contributed by atoms with Gasteiger partial charge in [-0.05, 0) is 32.6 Å². The van der Waals surface area contributed by atoms with Crippen molar-refractivity contribution >= 4 is 0 Å². The van der Waals surface area contributed by atoms with E-state index in [2.05, 4.69) is 35.4 Å². The molecule has 18 heavy (non-hydrogen) atoms. The lowest BCUT2D eigenvalue weighted by Gasteiger charge is -2.45. The normalized spacial score (nSPS) is 29.7. The molecule has 0 aromatic carbocycles. The highest BCUT2D eigenvalue weighted by Gasteiger charge is 2.46. The first-order valence-electron chi connectivity index (χ1n) is 7.19. The Bertz CT molecular complexity index is 410. The van der Waals surface area contributed by atoms with Gasteiger partial charge in [0.25, 0.3) is 0 Å². The van der Waals surface area contributed by atoms with Gasteiger partial charge in [0.1, 0.15) is 0 Å². The zero-order valence-electron chi connectivity index (χ0n) is 11.5. The van der Waals surface area contributed by atoms with Crippen LogP contribution in [0.4, 0.5) is 0 Å². The molecule has 2 fully saturated rings. The van der Waals surface area contributed by atoms with E-state index in [9.17, 15) is 0 Å². The third kappa shape index (κ3) is 2.19. The van der Waals surface area contributed by atoms with E-state index in [-0.39, 0.29) is 0 Å². The fraction of sp³-hybridized carbons (Fsp3) is 0.786. The Hall–Kier alpha value is -0.870. The maximum Gasteiger partial charge on any atom is 0.0534 e. The summed E-state index contributed by atoms with van der Waals surface area (Å²) in [5.74, 6) is 0.895. The van der Waals surface area contributed by atoms with Gasteiger partial charge in [-0.25, -0.2) is 0 Å². The van der Waals surface area contributed by atoms with Crippen LogP contribution < -0.4 is 5.32 Å². The third-order valence-corrected chi connectivity index (χ3v) is 4.60. The predicted octanol–water partition coefficient (Wildman–Crippen LogP) is 1.48. The van der Waals surface area contributed by atoms with Crippen molar-refractivity contribution in [2.24, 2.45) is 5.92 Å². The Morgan fingerprint density at radius 1 is 1.50 bits per heavy atom. The molecule has 0 amide bonds. The second kappa shape index (κ2) is 4.67. The number of aromatic nitrogens is 2. The summed E-state index contributed by atoms with van der Waals surface area (Å²) in [6, 6.07) is 0. The molecule has 0 radical (unpaired) electrons. The molecule has 1 unspecified atom stereocenters. The van der Waals surface area contributed by atoms with E-state index < -0.39 is 0 Å². The molecule has 1 aliphatic carbocycles. The average molecular weight is 248 g/mol. The summed E-state index contributed by atoms with van der Waals surface area (Å²) < 4.78 is 2.02. The quantitative estimate of drug-likeness (QED) is 0.876. The minimum Gasteiger partial charge on any atom is -0.314 e. The van der Waals surface area contributed by atoms with Crippen LogP contribution in [0.15, 0.2) is 12.4 Å². The fourth-order valence-corrected chi connectivity index (χ4v) is 3.17. The lowest BCUT2D eigenvalue weighted by atomic mass is 9.91. The average Bonchev–Trinajstić information content (AvgIpc) is 3.14. The van der Waals surface area contributed by atoms with Crippen LogP contribution in [-0.4, -0.2) is 39.9 Å². The first-order valence-corrected chi connectivity index (χ1v) is 7.19. The predicted molar refractivity (Wildman–Crippen MR) is 72.3 cm³/mol. The van der Waals surface area contributed by atoms with Gasteiger partial charge in [0.15, 0.2) is 0 Å². The number of rotatable bonds is 4. The van der Waals surface area contributed by atoms with E-state index in [0.29, 0.717) is 5.54 Å². The molecular formula is C14H24N4. The molecule has 1 saturated carbocycles. The summed E-state index contributed by atoms with van der Waals surface area (Å²) >= 11 is 0. The highest BCUT2D eigenvalue weighted by atomic mass is 15.3. The zero-order valence-corrected chi connectivity index (χ0v) is 11.5. The fourth-order valence-electron chi connectivity index (χ4n) is 3.17. The Kier molecular flexibility index (Phi) is 3.16. The Balaban J connectivity index is 1.72. The first-order chi connectivity index (χ1) is 8.72. The van der Waals surface area contributed by atoms with E-state index in [4.69, 9.17) is 0 Å². The maximum atomic E-state index is 4.38. The molecule has 1 aliphatic heterocycles. The summed E-state index contributed by atoms with van der Waals surface area (Å²) in [7, 11) is 0. The van der Waals surface area contributed by atoms with Gasteiger partial charge in [0, 0.05) is 50.0 Å². The molecule has 2 heterocycles. The standard InChI is InChI=1S/C14H24N4/c1-3-18-10-12(8-16-18)9-17-7-6-15-11-14(17,2)13-4-5-13/h8,10,13,15H,3-7,9,11H2,1-2H3. The summed E-state index contributed by atoms with van der Waals surface area (Å²) in [4.78, 5) is 2.66. The van der Waals surface area contributed by atoms with E-state index in [1.807, 2.05) is 10.9 Å². The Morgan fingerprint density at radius 3 is 3.00 bits per heavy atom. The van der Waals surface area contributed by atoms with Gasteiger partial charge in [0.2, 0.25) is 0 Å². The SMILES string of the molecule is CCn1cc(CN2CCNCC2(C)C2CC2)cn1. The highest BCUT2D eigenvalue weighted by molar-refractivity contribution is 5.09. The minimum atomic E-state index is 0.354. The topological polar surface area (TPSA) is 33.1 Å². The first kappa shape index (κ1) is 12.2. The van der Waals surface area contributed by atoms with Gasteiger partial charge in [-0.3, -0.25) is 9.58 Å². The van der Waals surface area contributed by atoms with Crippen LogP contribution in [0.3, 0.4) is 0 Å². The lowest BCUT2D eigenvalue weighted by molar-refractivity contribution is 0.0484. The molecule has 1 atom stereocenters. The molecule has 1 aromatic rings. The van der Waals surface area contributed by atoms with E-state index in [1.54, 1.807) is 0 Å². The van der Waals surface area contributed by atoms with Crippen molar-refractivity contribution in [1.82, 2.24) is 20.0 Å². The van der Waals surface area contributed by atoms with Crippen LogP contribution in [-0.2, 0) is 13.1 Å². The van der Waals surface area contributed by atoms with Crippen molar-refractivity contribution in [3.63, 3.8) is 0 Å². The highest BCUT2D eigenvalue weighted by Crippen LogP contribution is 2.43. The zero-order chi connectivity index (χ0) is 12.6. The number of hydrogen-bond acceptors (Lipinski definition) is 3. The number of hydrogen-bond donors (Lipinski definition) is 1. The molecule has 0 bridgehead atoms. The van der Waals surface area contributed by atoms with Crippen LogP contribution >= 0.6 is 0 Å². The molecule has 3 rings (SSSR count). The molecule has 4 nitrogen and oxygen atoms in total. The van der Waals surface area contributed by atoms with Gasteiger partial charge in [-0.15, -0.1) is 0 Å². The molecule has 1 saturated heterocycles. The largest absolute Gasteiger partial charge is 0.314 e. The van der Waals surface area contributed by atoms with E-state index >= 15 is 0 Å². The number of nitrogens with zero attached hydrogens (tertiary/aromatic N) is 3. The third-order valence-electron chi connectivity index (χ3n) is 4.60. The molecule has 1 aromatic heterocycles. The summed E-state index contributed by atoms with van der Waals surface area (Å²) in [6.45, 7) is 9.99. The molecule has 2 aliphatic rings. The Morgan fingerprint density at radius 2 is 2.33 bits per heavy atom. The van der Waals surface area contributed by atoms with Gasteiger partial charge >= 0.3 is 0 Å². The van der Waals surface area contributed by atoms with Crippen molar-refractivity contribution < 1.29 is 0 Å². The van der Waals surface area contributed by atoms with Crippen molar-refractivity contribution in [3.05, 3.63) is 18.0 Å². The van der Waals surface area contributed by atoms with Gasteiger partial charge < -0.3 is 5.32 Å². The minimum absolute atomic E-state index is 0.354. The second-order valence-electron chi connectivity index (χ2n) is 5.93. The summed E-state index contributed by atoms with van der Waals surface area (Å²) in [5, 5.41) is 7.95. The van der Waals surface area contributed by atoms with Gasteiger partial charge in [-0.2, -0.15) is 5.10 Å². The lowest BCUT2D eigenvalue weighted by Crippen LogP contribution is -2.60. The molecular weight excluding hydrogens is 224 g/mol.